The molecule has 0 aromatic carbocycles. The number of hydrogen-bond donors (Lipinski definition) is 2. The number of Topliss-reactive ketones (excluding diaryl/α,β-unsaturated/α-hetero) is 1. The Labute approximate surface area is 173 Å². The van der Waals surface area contributed by atoms with E-state index in [1.165, 1.54) is 13.8 Å². The van der Waals surface area contributed by atoms with Gasteiger partial charge in [0.05, 0.1) is 5.60 Å². The van der Waals surface area contributed by atoms with Gasteiger partial charge in [-0.1, -0.05) is 13.3 Å². The molecular weight excluding hydrogens is 414 g/mol. The zero-order chi connectivity index (χ0) is 23.2. The van der Waals surface area contributed by atoms with Gasteiger partial charge in [0, 0.05) is 12.3 Å². The Morgan fingerprint density at radius 2 is 1.63 bits per heavy atom. The van der Waals surface area contributed by atoms with Crippen LogP contribution in [-0.2, 0) is 4.79 Å². The molecule has 2 saturated carbocycles. The van der Waals surface area contributed by atoms with Gasteiger partial charge in [-0.15, -0.1) is 0 Å². The van der Waals surface area contributed by atoms with E-state index in [1.807, 2.05) is 0 Å². The van der Waals surface area contributed by atoms with Crippen LogP contribution in [0.15, 0.2) is 0 Å². The number of rotatable bonds is 7. The number of ketones is 1. The van der Waals surface area contributed by atoms with Crippen LogP contribution in [0.1, 0.15) is 78.6 Å². The number of halogens is 6. The zero-order valence-corrected chi connectivity index (χ0v) is 17.7. The van der Waals surface area contributed by atoms with E-state index in [0.29, 0.717) is 32.1 Å². The molecule has 0 bridgehead atoms. The van der Waals surface area contributed by atoms with Crippen molar-refractivity contribution in [3.63, 3.8) is 0 Å². The third kappa shape index (κ3) is 4.97. The van der Waals surface area contributed by atoms with Crippen LogP contribution in [0.2, 0.25) is 0 Å². The summed E-state index contributed by atoms with van der Waals surface area (Å²) in [6.07, 6.45) is -10.4. The van der Waals surface area contributed by atoms with Crippen LogP contribution in [0.3, 0.4) is 0 Å². The van der Waals surface area contributed by atoms with E-state index < -0.39 is 47.2 Å². The molecular formula is C21H32F6O3. The lowest BCUT2D eigenvalue weighted by Gasteiger charge is -2.45. The van der Waals surface area contributed by atoms with Crippen LogP contribution < -0.4 is 0 Å². The molecule has 2 fully saturated rings. The number of fused-ring (bicyclic) bond motifs is 1. The van der Waals surface area contributed by atoms with Gasteiger partial charge in [0.1, 0.15) is 5.78 Å². The molecule has 2 rings (SSSR count). The molecule has 3 nitrogen and oxygen atoms in total. The lowest BCUT2D eigenvalue weighted by atomic mass is 9.60. The number of alkyl halides is 6. The Morgan fingerprint density at radius 3 is 2.13 bits per heavy atom. The molecule has 0 aliphatic heterocycles. The molecule has 1 unspecified atom stereocenters. The summed E-state index contributed by atoms with van der Waals surface area (Å²) in [6, 6.07) is 0. The fraction of sp³-hybridized carbons (Fsp3) is 0.952. The molecule has 0 spiro atoms. The normalized spacial score (nSPS) is 29.8. The summed E-state index contributed by atoms with van der Waals surface area (Å²) in [6.45, 7) is 4.85. The van der Waals surface area contributed by atoms with Crippen LogP contribution in [0.25, 0.3) is 0 Å². The van der Waals surface area contributed by atoms with Gasteiger partial charge >= 0.3 is 12.4 Å². The first-order valence-corrected chi connectivity index (χ1v) is 10.5. The third-order valence-corrected chi connectivity index (χ3v) is 7.36. The van der Waals surface area contributed by atoms with Crippen LogP contribution in [0.4, 0.5) is 26.3 Å². The van der Waals surface area contributed by atoms with Crippen LogP contribution >= 0.6 is 0 Å². The van der Waals surface area contributed by atoms with Crippen LogP contribution in [0, 0.1) is 23.2 Å². The Morgan fingerprint density at radius 1 is 1.07 bits per heavy atom. The van der Waals surface area contributed by atoms with Crippen molar-refractivity contribution in [1.82, 2.24) is 0 Å². The SMILES string of the molecule is CC(C)(O)CCC[C@@H](CC(O)(C(F)(F)F)C(F)(F)F)[C@H]1CCC2C(=O)CCC[C@@]21C. The molecule has 0 radical (unpaired) electrons. The van der Waals surface area contributed by atoms with Gasteiger partial charge in [0.15, 0.2) is 0 Å². The monoisotopic (exact) mass is 446 g/mol. The van der Waals surface area contributed by atoms with Crippen LogP contribution in [-0.4, -0.2) is 39.6 Å². The number of carbonyl (C=O) groups excluding carboxylic acids is 1. The molecule has 0 aromatic heterocycles. The van der Waals surface area contributed by atoms with E-state index >= 15 is 0 Å². The minimum absolute atomic E-state index is 0.0135. The highest BCUT2D eigenvalue weighted by Crippen LogP contribution is 2.59. The zero-order valence-electron chi connectivity index (χ0n) is 17.7. The third-order valence-electron chi connectivity index (χ3n) is 7.36. The lowest BCUT2D eigenvalue weighted by Crippen LogP contribution is -2.58. The van der Waals surface area contributed by atoms with E-state index in [-0.39, 0.29) is 31.0 Å². The quantitative estimate of drug-likeness (QED) is 0.503. The van der Waals surface area contributed by atoms with Crippen molar-refractivity contribution >= 4 is 5.78 Å². The van der Waals surface area contributed by atoms with Crippen molar-refractivity contribution in [2.75, 3.05) is 0 Å². The standard InChI is InChI=1S/C21H32F6O3/c1-17(2,29)10-4-6-13(12-19(30,20(22,23)24)21(25,26)27)14-8-9-15-16(28)7-5-11-18(14,15)3/h13-15,29-30H,4-12H2,1-3H3/t13-,14+,15?,18+/m0/s1. The van der Waals surface area contributed by atoms with Crippen molar-refractivity contribution < 1.29 is 41.4 Å². The number of aliphatic hydroxyl groups is 2. The van der Waals surface area contributed by atoms with Crippen molar-refractivity contribution in [3.05, 3.63) is 0 Å². The maximum Gasteiger partial charge on any atom is 0.426 e. The summed E-state index contributed by atoms with van der Waals surface area (Å²) in [4.78, 5) is 12.4. The van der Waals surface area contributed by atoms with Crippen molar-refractivity contribution in [2.24, 2.45) is 23.2 Å². The average molecular weight is 446 g/mol. The molecule has 0 heterocycles. The molecule has 2 aliphatic rings. The highest BCUT2D eigenvalue weighted by atomic mass is 19.4. The molecule has 176 valence electrons. The van der Waals surface area contributed by atoms with Crippen molar-refractivity contribution in [1.29, 1.82) is 0 Å². The maximum atomic E-state index is 13.4. The summed E-state index contributed by atoms with van der Waals surface area (Å²) in [5.41, 5.74) is -6.56. The molecule has 2 aliphatic carbocycles. The second-order valence-corrected chi connectivity index (χ2v) is 10.1. The van der Waals surface area contributed by atoms with Crippen LogP contribution in [0.5, 0.6) is 0 Å². The lowest BCUT2D eigenvalue weighted by molar-refractivity contribution is -0.374. The predicted octanol–water partition coefficient (Wildman–Crippen LogP) is 5.58. The van der Waals surface area contributed by atoms with Gasteiger partial charge in [-0.2, -0.15) is 26.3 Å². The first-order valence-electron chi connectivity index (χ1n) is 10.5. The molecule has 2 N–H and O–H groups in total. The smallest absolute Gasteiger partial charge is 0.390 e. The first kappa shape index (κ1) is 25.4. The Kier molecular flexibility index (Phi) is 7.00. The summed E-state index contributed by atoms with van der Waals surface area (Å²) in [5.74, 6) is -1.91. The fourth-order valence-electron chi connectivity index (χ4n) is 5.76. The van der Waals surface area contributed by atoms with Gasteiger partial charge in [0.2, 0.25) is 0 Å². The van der Waals surface area contributed by atoms with Gasteiger partial charge in [-0.25, -0.2) is 0 Å². The Hall–Kier alpha value is -0.830. The molecule has 0 aromatic rings. The summed E-state index contributed by atoms with van der Waals surface area (Å²) < 4.78 is 80.3. The van der Waals surface area contributed by atoms with E-state index in [2.05, 4.69) is 0 Å². The molecule has 0 amide bonds. The topological polar surface area (TPSA) is 57.5 Å². The highest BCUT2D eigenvalue weighted by Gasteiger charge is 2.71. The average Bonchev–Trinajstić information content (AvgIpc) is 2.89. The highest BCUT2D eigenvalue weighted by molar-refractivity contribution is 5.83. The minimum Gasteiger partial charge on any atom is -0.390 e. The van der Waals surface area contributed by atoms with Gasteiger partial charge in [-0.3, -0.25) is 4.79 Å². The second kappa shape index (κ2) is 8.26. The number of hydrogen-bond acceptors (Lipinski definition) is 3. The summed E-state index contributed by atoms with van der Waals surface area (Å²) in [5, 5.41) is 19.7. The summed E-state index contributed by atoms with van der Waals surface area (Å²) in [7, 11) is 0. The van der Waals surface area contributed by atoms with Gasteiger partial charge in [-0.05, 0) is 76.0 Å². The van der Waals surface area contributed by atoms with Crippen molar-refractivity contribution in [2.45, 2.75) is 102 Å². The molecule has 0 saturated heterocycles. The van der Waals surface area contributed by atoms with Gasteiger partial charge in [0.25, 0.3) is 5.60 Å². The second-order valence-electron chi connectivity index (χ2n) is 10.1. The molecule has 4 atom stereocenters. The predicted molar refractivity (Wildman–Crippen MR) is 98.5 cm³/mol. The van der Waals surface area contributed by atoms with E-state index in [1.54, 1.807) is 6.92 Å². The summed E-state index contributed by atoms with van der Waals surface area (Å²) >= 11 is 0. The minimum atomic E-state index is -5.86. The van der Waals surface area contributed by atoms with E-state index in [0.717, 1.165) is 0 Å². The van der Waals surface area contributed by atoms with Gasteiger partial charge < -0.3 is 10.2 Å². The Balaban J connectivity index is 2.36. The molecule has 9 heteroatoms. The van der Waals surface area contributed by atoms with E-state index in [9.17, 15) is 41.4 Å². The largest absolute Gasteiger partial charge is 0.426 e. The van der Waals surface area contributed by atoms with Crippen molar-refractivity contribution in [3.8, 4) is 0 Å². The number of carbonyl (C=O) groups is 1. The first-order chi connectivity index (χ1) is 13.4. The Bertz CT molecular complexity index is 608. The fourth-order valence-corrected chi connectivity index (χ4v) is 5.76. The van der Waals surface area contributed by atoms with E-state index in [4.69, 9.17) is 0 Å². The molecule has 30 heavy (non-hydrogen) atoms. The maximum absolute atomic E-state index is 13.4.